The van der Waals surface area contributed by atoms with Crippen molar-refractivity contribution >= 4 is 27.9 Å². The first-order valence-electron chi connectivity index (χ1n) is 5.87. The molecule has 0 aliphatic heterocycles. The molecule has 4 nitrogen and oxygen atoms in total. The van der Waals surface area contributed by atoms with E-state index in [1.807, 2.05) is 6.07 Å². The SMILES string of the molecule is CCC(CC)Nc1cc(N)c(C(=O)N(C)C)s1. The van der Waals surface area contributed by atoms with Crippen LogP contribution in [0, 0.1) is 0 Å². The van der Waals surface area contributed by atoms with Gasteiger partial charge in [-0.15, -0.1) is 11.3 Å². The van der Waals surface area contributed by atoms with Gasteiger partial charge < -0.3 is 16.0 Å². The van der Waals surface area contributed by atoms with Crippen molar-refractivity contribution in [3.63, 3.8) is 0 Å². The van der Waals surface area contributed by atoms with E-state index < -0.39 is 0 Å². The van der Waals surface area contributed by atoms with Crippen molar-refractivity contribution in [1.29, 1.82) is 0 Å². The Hall–Kier alpha value is -1.23. The first-order chi connectivity index (χ1) is 7.99. The third-order valence-electron chi connectivity index (χ3n) is 2.69. The minimum absolute atomic E-state index is 0.0369. The van der Waals surface area contributed by atoms with Crippen molar-refractivity contribution in [3.8, 4) is 0 Å². The van der Waals surface area contributed by atoms with E-state index in [-0.39, 0.29) is 5.91 Å². The normalized spacial score (nSPS) is 10.6. The number of nitrogen functional groups attached to an aromatic ring is 1. The lowest BCUT2D eigenvalue weighted by molar-refractivity contribution is 0.0833. The summed E-state index contributed by atoms with van der Waals surface area (Å²) in [4.78, 5) is 14.0. The Morgan fingerprint density at radius 1 is 1.47 bits per heavy atom. The van der Waals surface area contributed by atoms with E-state index in [0.717, 1.165) is 17.8 Å². The highest BCUT2D eigenvalue weighted by atomic mass is 32.1. The lowest BCUT2D eigenvalue weighted by atomic mass is 10.2. The average molecular weight is 255 g/mol. The molecule has 1 aromatic heterocycles. The molecule has 0 fully saturated rings. The summed E-state index contributed by atoms with van der Waals surface area (Å²) < 4.78 is 0. The van der Waals surface area contributed by atoms with E-state index in [0.29, 0.717) is 16.6 Å². The van der Waals surface area contributed by atoms with Crippen molar-refractivity contribution in [2.24, 2.45) is 0 Å². The Morgan fingerprint density at radius 2 is 2.06 bits per heavy atom. The number of nitrogens with two attached hydrogens (primary N) is 1. The summed E-state index contributed by atoms with van der Waals surface area (Å²) in [5.74, 6) is -0.0369. The van der Waals surface area contributed by atoms with Gasteiger partial charge in [0.1, 0.15) is 4.88 Å². The van der Waals surface area contributed by atoms with Gasteiger partial charge in [-0.3, -0.25) is 4.79 Å². The van der Waals surface area contributed by atoms with Crippen LogP contribution >= 0.6 is 11.3 Å². The van der Waals surface area contributed by atoms with Crippen molar-refractivity contribution in [2.45, 2.75) is 32.7 Å². The van der Waals surface area contributed by atoms with Gasteiger partial charge in [-0.2, -0.15) is 0 Å². The summed E-state index contributed by atoms with van der Waals surface area (Å²) in [6, 6.07) is 2.29. The van der Waals surface area contributed by atoms with E-state index in [4.69, 9.17) is 5.73 Å². The highest BCUT2D eigenvalue weighted by Gasteiger charge is 2.16. The number of nitrogens with one attached hydrogen (secondary N) is 1. The molecule has 0 aliphatic rings. The van der Waals surface area contributed by atoms with Gasteiger partial charge in [0.05, 0.1) is 10.7 Å². The van der Waals surface area contributed by atoms with Crippen LogP contribution in [0.1, 0.15) is 36.4 Å². The third-order valence-corrected chi connectivity index (χ3v) is 3.76. The van der Waals surface area contributed by atoms with Crippen LogP contribution in [0.3, 0.4) is 0 Å². The van der Waals surface area contributed by atoms with Crippen molar-refractivity contribution in [1.82, 2.24) is 4.90 Å². The molecule has 17 heavy (non-hydrogen) atoms. The highest BCUT2D eigenvalue weighted by molar-refractivity contribution is 7.18. The number of nitrogens with zero attached hydrogens (tertiary/aromatic N) is 1. The molecule has 0 saturated heterocycles. The second kappa shape index (κ2) is 5.91. The molecule has 0 atom stereocenters. The molecule has 3 N–H and O–H groups in total. The van der Waals surface area contributed by atoms with E-state index in [2.05, 4.69) is 19.2 Å². The van der Waals surface area contributed by atoms with Gasteiger partial charge in [-0.25, -0.2) is 0 Å². The maximum absolute atomic E-state index is 11.8. The molecule has 1 amide bonds. The summed E-state index contributed by atoms with van der Waals surface area (Å²) in [6.45, 7) is 4.29. The summed E-state index contributed by atoms with van der Waals surface area (Å²) in [5.41, 5.74) is 6.42. The lowest BCUT2D eigenvalue weighted by Crippen LogP contribution is -2.21. The first kappa shape index (κ1) is 13.8. The number of carbonyl (C=O) groups excluding carboxylic acids is 1. The van der Waals surface area contributed by atoms with Gasteiger partial charge in [0.25, 0.3) is 5.91 Å². The van der Waals surface area contributed by atoms with Crippen molar-refractivity contribution in [3.05, 3.63) is 10.9 Å². The molecule has 0 saturated carbocycles. The molecule has 0 aliphatic carbocycles. The van der Waals surface area contributed by atoms with Crippen LogP contribution < -0.4 is 11.1 Å². The molecular formula is C12H21N3OS. The number of hydrogen-bond acceptors (Lipinski definition) is 4. The van der Waals surface area contributed by atoms with Crippen LogP contribution in [0.5, 0.6) is 0 Å². The summed E-state index contributed by atoms with van der Waals surface area (Å²) in [6.07, 6.45) is 2.12. The van der Waals surface area contributed by atoms with Crippen LogP contribution in [0.15, 0.2) is 6.07 Å². The van der Waals surface area contributed by atoms with Crippen LogP contribution in [-0.4, -0.2) is 30.9 Å². The van der Waals surface area contributed by atoms with Gasteiger partial charge in [-0.1, -0.05) is 13.8 Å². The number of amides is 1. The number of carbonyl (C=O) groups is 1. The predicted molar refractivity (Wildman–Crippen MR) is 74.7 cm³/mol. The fraction of sp³-hybridized carbons (Fsp3) is 0.583. The van der Waals surface area contributed by atoms with E-state index >= 15 is 0 Å². The molecular weight excluding hydrogens is 234 g/mol. The number of thiophene rings is 1. The standard InChI is InChI=1S/C12H21N3OS/c1-5-8(6-2)14-10-7-9(13)11(17-10)12(16)15(3)4/h7-8,14H,5-6,13H2,1-4H3. The van der Waals surface area contributed by atoms with Crippen LogP contribution in [0.2, 0.25) is 0 Å². The Morgan fingerprint density at radius 3 is 2.53 bits per heavy atom. The number of anilines is 2. The molecule has 1 heterocycles. The monoisotopic (exact) mass is 255 g/mol. The molecule has 0 spiro atoms. The second-order valence-corrected chi connectivity index (χ2v) is 5.30. The maximum Gasteiger partial charge on any atom is 0.265 e. The molecule has 1 rings (SSSR count). The smallest absolute Gasteiger partial charge is 0.265 e. The Bertz CT molecular complexity index is 383. The lowest BCUT2D eigenvalue weighted by Gasteiger charge is -2.14. The Labute approximate surface area is 107 Å². The highest BCUT2D eigenvalue weighted by Crippen LogP contribution is 2.30. The van der Waals surface area contributed by atoms with Crippen LogP contribution in [0.25, 0.3) is 0 Å². The molecule has 96 valence electrons. The molecule has 5 heteroatoms. The molecule has 0 unspecified atom stereocenters. The molecule has 0 bridgehead atoms. The van der Waals surface area contributed by atoms with Gasteiger partial charge in [0.15, 0.2) is 0 Å². The summed E-state index contributed by atoms with van der Waals surface area (Å²) >= 11 is 1.43. The van der Waals surface area contributed by atoms with Gasteiger partial charge in [0, 0.05) is 20.1 Å². The Balaban J connectivity index is 2.84. The maximum atomic E-state index is 11.8. The summed E-state index contributed by atoms with van der Waals surface area (Å²) in [5, 5.41) is 4.37. The summed E-state index contributed by atoms with van der Waals surface area (Å²) in [7, 11) is 3.46. The van der Waals surface area contributed by atoms with E-state index in [1.54, 1.807) is 19.0 Å². The fourth-order valence-electron chi connectivity index (χ4n) is 1.54. The molecule has 1 aromatic rings. The van der Waals surface area contributed by atoms with E-state index in [9.17, 15) is 4.79 Å². The predicted octanol–water partition coefficient (Wildman–Crippen LogP) is 2.63. The third kappa shape index (κ3) is 3.36. The zero-order chi connectivity index (χ0) is 13.0. The largest absolute Gasteiger partial charge is 0.397 e. The second-order valence-electron chi connectivity index (χ2n) is 4.25. The van der Waals surface area contributed by atoms with Crippen LogP contribution in [0.4, 0.5) is 10.7 Å². The Kier molecular flexibility index (Phi) is 4.81. The van der Waals surface area contributed by atoms with Crippen LogP contribution in [-0.2, 0) is 0 Å². The van der Waals surface area contributed by atoms with Gasteiger partial charge >= 0.3 is 0 Å². The topological polar surface area (TPSA) is 58.4 Å². The number of hydrogen-bond donors (Lipinski definition) is 2. The zero-order valence-electron chi connectivity index (χ0n) is 10.9. The van der Waals surface area contributed by atoms with Gasteiger partial charge in [-0.05, 0) is 18.9 Å². The minimum atomic E-state index is -0.0369. The first-order valence-corrected chi connectivity index (χ1v) is 6.68. The molecule has 0 aromatic carbocycles. The van der Waals surface area contributed by atoms with Crippen molar-refractivity contribution < 1.29 is 4.79 Å². The minimum Gasteiger partial charge on any atom is -0.397 e. The van der Waals surface area contributed by atoms with Crippen molar-refractivity contribution in [2.75, 3.05) is 25.1 Å². The zero-order valence-corrected chi connectivity index (χ0v) is 11.7. The quantitative estimate of drug-likeness (QED) is 0.850. The van der Waals surface area contributed by atoms with E-state index in [1.165, 1.54) is 11.3 Å². The average Bonchev–Trinajstić information content (AvgIpc) is 2.65. The van der Waals surface area contributed by atoms with Gasteiger partial charge in [0.2, 0.25) is 0 Å². The fourth-order valence-corrected chi connectivity index (χ4v) is 2.62. The number of rotatable bonds is 5. The molecule has 0 radical (unpaired) electrons.